The Hall–Kier alpha value is -2.39. The second-order valence-corrected chi connectivity index (χ2v) is 8.45. The average molecular weight is 396 g/mol. The van der Waals surface area contributed by atoms with Crippen LogP contribution in [-0.2, 0) is 24.3 Å². The van der Waals surface area contributed by atoms with Gasteiger partial charge in [0.1, 0.15) is 10.6 Å². The van der Waals surface area contributed by atoms with E-state index in [1.54, 1.807) is 0 Å². The van der Waals surface area contributed by atoms with Crippen LogP contribution in [0.2, 0.25) is 0 Å². The van der Waals surface area contributed by atoms with Gasteiger partial charge in [0, 0.05) is 19.8 Å². The number of esters is 1. The van der Waals surface area contributed by atoms with Crippen molar-refractivity contribution in [3.8, 4) is 5.75 Å². The first-order valence-corrected chi connectivity index (χ1v) is 9.90. The summed E-state index contributed by atoms with van der Waals surface area (Å²) in [6, 6.07) is 4.26. The largest absolute Gasteiger partial charge is 0.495 e. The van der Waals surface area contributed by atoms with Gasteiger partial charge in [0.15, 0.2) is 6.61 Å². The number of anilines is 1. The fourth-order valence-electron chi connectivity index (χ4n) is 2.63. The molecular weight excluding hydrogens is 372 g/mol. The molecule has 1 atom stereocenters. The number of amides is 1. The van der Waals surface area contributed by atoms with Gasteiger partial charge in [-0.25, -0.2) is 12.7 Å². The number of nitrogens with zero attached hydrogens (tertiary/aromatic N) is 1. The zero-order valence-electron chi connectivity index (χ0n) is 15.6. The predicted molar refractivity (Wildman–Crippen MR) is 99.9 cm³/mol. The summed E-state index contributed by atoms with van der Waals surface area (Å²) in [5.41, 5.74) is 0.260. The van der Waals surface area contributed by atoms with Crippen LogP contribution in [0.25, 0.3) is 0 Å². The summed E-state index contributed by atoms with van der Waals surface area (Å²) in [6.45, 7) is -0.433. The van der Waals surface area contributed by atoms with Crippen molar-refractivity contribution >= 4 is 27.6 Å². The number of carbonyl (C=O) groups excluding carboxylic acids is 2. The monoisotopic (exact) mass is 396 g/mol. The van der Waals surface area contributed by atoms with Crippen LogP contribution in [0.5, 0.6) is 5.75 Å². The van der Waals surface area contributed by atoms with Gasteiger partial charge >= 0.3 is 5.97 Å². The number of nitrogens with one attached hydrogen (secondary N) is 1. The quantitative estimate of drug-likeness (QED) is 0.531. The minimum atomic E-state index is -3.75. The molecule has 1 aromatic rings. The highest BCUT2D eigenvalue weighted by Gasteiger charge is 2.23. The molecule has 0 bridgehead atoms. The summed E-state index contributed by atoms with van der Waals surface area (Å²) in [5, 5.41) is 2.52. The molecule has 148 valence electrons. The molecule has 1 amide bonds. The zero-order valence-corrected chi connectivity index (χ0v) is 16.4. The van der Waals surface area contributed by atoms with E-state index in [1.165, 1.54) is 39.4 Å². The van der Waals surface area contributed by atoms with Crippen LogP contribution in [0, 0.1) is 5.92 Å². The molecule has 0 heterocycles. The van der Waals surface area contributed by atoms with Crippen LogP contribution in [0.1, 0.15) is 19.3 Å². The van der Waals surface area contributed by atoms with Gasteiger partial charge in [-0.2, -0.15) is 0 Å². The average Bonchev–Trinajstić information content (AvgIpc) is 3.12. The first kappa shape index (κ1) is 20.9. The standard InChI is InChI=1S/C18H24N2O6S/c1-20(2)27(23,24)16-11-14(8-9-15(16)25-3)19-17(21)12-26-18(22)10-13-6-4-5-7-13/h4,6,8-9,11,13H,5,7,10,12H2,1-3H3,(H,19,21)/t13-/m0/s1. The summed E-state index contributed by atoms with van der Waals surface area (Å²) >= 11 is 0. The predicted octanol–water partition coefficient (Wildman–Crippen LogP) is 1.78. The molecule has 27 heavy (non-hydrogen) atoms. The second-order valence-electron chi connectivity index (χ2n) is 6.33. The number of sulfonamides is 1. The van der Waals surface area contributed by atoms with Crippen molar-refractivity contribution in [1.29, 1.82) is 0 Å². The van der Waals surface area contributed by atoms with Crippen LogP contribution >= 0.6 is 0 Å². The van der Waals surface area contributed by atoms with Gasteiger partial charge in [0.05, 0.1) is 13.5 Å². The summed E-state index contributed by atoms with van der Waals surface area (Å²) < 4.78 is 35.9. The van der Waals surface area contributed by atoms with Gasteiger partial charge in [-0.15, -0.1) is 0 Å². The molecule has 0 saturated carbocycles. The third-order valence-corrected chi connectivity index (χ3v) is 5.95. The van der Waals surface area contributed by atoms with E-state index in [-0.39, 0.29) is 28.7 Å². The first-order chi connectivity index (χ1) is 12.7. The van der Waals surface area contributed by atoms with E-state index < -0.39 is 28.5 Å². The van der Waals surface area contributed by atoms with Gasteiger partial charge in [-0.05, 0) is 37.0 Å². The molecule has 1 N–H and O–H groups in total. The Balaban J connectivity index is 1.99. The molecule has 0 saturated heterocycles. The van der Waals surface area contributed by atoms with Crippen LogP contribution in [0.3, 0.4) is 0 Å². The highest BCUT2D eigenvalue weighted by Crippen LogP contribution is 2.28. The second kappa shape index (κ2) is 9.01. The number of carbonyl (C=O) groups is 2. The molecule has 0 unspecified atom stereocenters. The van der Waals surface area contributed by atoms with E-state index in [2.05, 4.69) is 5.32 Å². The number of hydrogen-bond acceptors (Lipinski definition) is 6. The Morgan fingerprint density at radius 1 is 1.30 bits per heavy atom. The lowest BCUT2D eigenvalue weighted by Gasteiger charge is -2.16. The molecule has 0 aliphatic heterocycles. The lowest BCUT2D eigenvalue weighted by atomic mass is 10.1. The molecule has 8 nitrogen and oxygen atoms in total. The maximum Gasteiger partial charge on any atom is 0.306 e. The third-order valence-electron chi connectivity index (χ3n) is 4.11. The normalized spacial score (nSPS) is 16.4. The summed E-state index contributed by atoms with van der Waals surface area (Å²) in [5.74, 6) is -0.658. The minimum absolute atomic E-state index is 0.0715. The van der Waals surface area contributed by atoms with E-state index in [4.69, 9.17) is 9.47 Å². The van der Waals surface area contributed by atoms with Gasteiger partial charge in [0.2, 0.25) is 10.0 Å². The third kappa shape index (κ3) is 5.54. The molecule has 0 fully saturated rings. The Morgan fingerprint density at radius 3 is 2.63 bits per heavy atom. The number of rotatable bonds is 8. The lowest BCUT2D eigenvalue weighted by Crippen LogP contribution is -2.24. The fraction of sp³-hybridized carbons (Fsp3) is 0.444. The Bertz CT molecular complexity index is 832. The molecule has 1 aliphatic carbocycles. The first-order valence-electron chi connectivity index (χ1n) is 8.46. The molecule has 0 spiro atoms. The number of methoxy groups -OCH3 is 1. The zero-order chi connectivity index (χ0) is 20.0. The summed E-state index contributed by atoms with van der Waals surface area (Å²) in [7, 11) is 0.414. The van der Waals surface area contributed by atoms with Crippen molar-refractivity contribution in [3.63, 3.8) is 0 Å². The number of hydrogen-bond donors (Lipinski definition) is 1. The highest BCUT2D eigenvalue weighted by atomic mass is 32.2. The van der Waals surface area contributed by atoms with Gasteiger partial charge in [-0.3, -0.25) is 9.59 Å². The smallest absolute Gasteiger partial charge is 0.306 e. The van der Waals surface area contributed by atoms with E-state index in [9.17, 15) is 18.0 Å². The van der Waals surface area contributed by atoms with Gasteiger partial charge < -0.3 is 14.8 Å². The van der Waals surface area contributed by atoms with Crippen molar-refractivity contribution in [2.45, 2.75) is 24.2 Å². The van der Waals surface area contributed by atoms with Crippen LogP contribution in [0.4, 0.5) is 5.69 Å². The summed E-state index contributed by atoms with van der Waals surface area (Å²) in [6.07, 6.45) is 6.11. The maximum absolute atomic E-state index is 12.4. The van der Waals surface area contributed by atoms with Gasteiger partial charge in [-0.1, -0.05) is 12.2 Å². The molecule has 9 heteroatoms. The van der Waals surface area contributed by atoms with Crippen LogP contribution in [-0.4, -0.2) is 52.4 Å². The lowest BCUT2D eigenvalue weighted by molar-refractivity contribution is -0.147. The van der Waals surface area contributed by atoms with E-state index in [0.717, 1.165) is 17.1 Å². The van der Waals surface area contributed by atoms with Gasteiger partial charge in [0.25, 0.3) is 5.91 Å². The molecular formula is C18H24N2O6S. The fourth-order valence-corrected chi connectivity index (χ4v) is 3.71. The van der Waals surface area contributed by atoms with E-state index >= 15 is 0 Å². The molecule has 0 radical (unpaired) electrons. The topological polar surface area (TPSA) is 102 Å². The van der Waals surface area contributed by atoms with Crippen molar-refractivity contribution < 1.29 is 27.5 Å². The highest BCUT2D eigenvalue weighted by molar-refractivity contribution is 7.89. The minimum Gasteiger partial charge on any atom is -0.495 e. The van der Waals surface area contributed by atoms with Crippen molar-refractivity contribution in [2.24, 2.45) is 5.92 Å². The SMILES string of the molecule is COc1ccc(NC(=O)COC(=O)C[C@H]2C=CCC2)cc1S(=O)(=O)N(C)C. The molecule has 1 aliphatic rings. The molecule has 0 aromatic heterocycles. The number of benzene rings is 1. The van der Waals surface area contributed by atoms with E-state index in [1.807, 2.05) is 12.2 Å². The van der Waals surface area contributed by atoms with E-state index in [0.29, 0.717) is 0 Å². The van der Waals surface area contributed by atoms with Crippen molar-refractivity contribution in [2.75, 3.05) is 33.1 Å². The Morgan fingerprint density at radius 2 is 2.04 bits per heavy atom. The van der Waals surface area contributed by atoms with Crippen LogP contribution in [0.15, 0.2) is 35.2 Å². The molecule has 2 rings (SSSR count). The summed E-state index contributed by atoms with van der Waals surface area (Å²) in [4.78, 5) is 23.7. The maximum atomic E-state index is 12.4. The Kier molecular flexibility index (Phi) is 6.98. The number of ether oxygens (including phenoxy) is 2. The van der Waals surface area contributed by atoms with Crippen LogP contribution < -0.4 is 10.1 Å². The van der Waals surface area contributed by atoms with Crippen molar-refractivity contribution in [3.05, 3.63) is 30.4 Å². The molecule has 1 aromatic carbocycles. The Labute approximate surface area is 159 Å². The number of allylic oxidation sites excluding steroid dienone is 2. The van der Waals surface area contributed by atoms with Crippen molar-refractivity contribution in [1.82, 2.24) is 4.31 Å².